The molecule has 1 fully saturated rings. The first-order chi connectivity index (χ1) is 12.5. The molecule has 0 spiro atoms. The Morgan fingerprint density at radius 1 is 1.35 bits per heavy atom. The highest BCUT2D eigenvalue weighted by Gasteiger charge is 2.44. The molecule has 1 unspecified atom stereocenters. The number of benzene rings is 1. The third-order valence-electron chi connectivity index (χ3n) is 4.15. The van der Waals surface area contributed by atoms with Gasteiger partial charge in [-0.2, -0.15) is 16.7 Å². The lowest BCUT2D eigenvalue weighted by molar-refractivity contribution is -0.0456. The highest BCUT2D eigenvalue weighted by molar-refractivity contribution is 7.99. The number of aliphatic hydroxyl groups is 2. The molecule has 0 saturated carbocycles. The van der Waals surface area contributed by atoms with Crippen LogP contribution in [0.5, 0.6) is 0 Å². The molecule has 2 heterocycles. The smallest absolute Gasteiger partial charge is 0.351 e. The number of anilines is 1. The third-order valence-corrected chi connectivity index (χ3v) is 5.20. The van der Waals surface area contributed by atoms with E-state index in [0.29, 0.717) is 5.56 Å². The van der Waals surface area contributed by atoms with Crippen LogP contribution < -0.4 is 11.0 Å². The monoisotopic (exact) mass is 377 g/mol. The minimum atomic E-state index is -0.899. The van der Waals surface area contributed by atoms with E-state index in [1.54, 1.807) is 36.6 Å². The number of nitrogens with zero attached hydrogens (tertiary/aromatic N) is 2. The molecular formula is C17H19N3O5S. The van der Waals surface area contributed by atoms with Gasteiger partial charge in [0.1, 0.15) is 11.9 Å². The van der Waals surface area contributed by atoms with Gasteiger partial charge in [-0.15, -0.1) is 0 Å². The van der Waals surface area contributed by atoms with Crippen molar-refractivity contribution < 1.29 is 19.7 Å². The summed E-state index contributed by atoms with van der Waals surface area (Å²) in [5.41, 5.74) is -0.167. The van der Waals surface area contributed by atoms with Gasteiger partial charge in [-0.1, -0.05) is 18.2 Å². The summed E-state index contributed by atoms with van der Waals surface area (Å²) < 4.78 is 6.85. The Balaban J connectivity index is 1.80. The van der Waals surface area contributed by atoms with Gasteiger partial charge >= 0.3 is 5.69 Å². The van der Waals surface area contributed by atoms with Gasteiger partial charge in [-0.3, -0.25) is 9.36 Å². The molecule has 0 aliphatic carbocycles. The first kappa shape index (κ1) is 18.6. The van der Waals surface area contributed by atoms with Crippen molar-refractivity contribution in [2.24, 2.45) is 0 Å². The normalized spacial score (nSPS) is 25.2. The first-order valence-corrected chi connectivity index (χ1v) is 9.26. The molecule has 4 atom stereocenters. The maximum atomic E-state index is 12.4. The quantitative estimate of drug-likeness (QED) is 0.694. The van der Waals surface area contributed by atoms with Crippen molar-refractivity contribution in [2.75, 3.05) is 18.2 Å². The minimum Gasteiger partial charge on any atom is -0.394 e. The number of amides is 1. The van der Waals surface area contributed by atoms with Crippen LogP contribution in [0.25, 0.3) is 0 Å². The summed E-state index contributed by atoms with van der Waals surface area (Å²) in [5.74, 6) is -0.247. The highest BCUT2D eigenvalue weighted by atomic mass is 32.2. The van der Waals surface area contributed by atoms with Crippen LogP contribution in [0.1, 0.15) is 16.6 Å². The molecule has 8 nitrogen and oxygen atoms in total. The predicted octanol–water partition coefficient (Wildman–Crippen LogP) is 0.478. The van der Waals surface area contributed by atoms with Crippen molar-refractivity contribution >= 4 is 23.5 Å². The summed E-state index contributed by atoms with van der Waals surface area (Å²) in [6.45, 7) is -0.345. The number of hydrogen-bond acceptors (Lipinski definition) is 7. The van der Waals surface area contributed by atoms with Gasteiger partial charge < -0.3 is 20.3 Å². The Bertz CT molecular complexity index is 829. The molecular weight excluding hydrogens is 358 g/mol. The van der Waals surface area contributed by atoms with Crippen LogP contribution in [0.15, 0.2) is 47.4 Å². The lowest BCUT2D eigenvalue weighted by Gasteiger charge is -2.20. The van der Waals surface area contributed by atoms with Crippen molar-refractivity contribution in [3.63, 3.8) is 0 Å². The fourth-order valence-electron chi connectivity index (χ4n) is 2.80. The van der Waals surface area contributed by atoms with E-state index in [2.05, 4.69) is 10.3 Å². The lowest BCUT2D eigenvalue weighted by Crippen LogP contribution is -2.34. The summed E-state index contributed by atoms with van der Waals surface area (Å²) in [6.07, 6.45) is 0.829. The fourth-order valence-corrected chi connectivity index (χ4v) is 3.68. The van der Waals surface area contributed by atoms with E-state index < -0.39 is 29.4 Å². The Morgan fingerprint density at radius 2 is 2.08 bits per heavy atom. The minimum absolute atomic E-state index is 0.123. The van der Waals surface area contributed by atoms with Crippen molar-refractivity contribution in [2.45, 2.75) is 23.7 Å². The standard InChI is InChI=1S/C17H19N3O5S/c1-26-14-13(22)11(9-21)25-16(14)20-8-7-12(19-17(20)24)18-15(23)10-5-3-2-4-6-10/h2-8,11,13-14,16,21-22H,9H2,1H3,(H,18,19,23,24)/t11-,13-,14?,16-/m1/s1. The molecule has 1 aliphatic heterocycles. The van der Waals surface area contributed by atoms with E-state index in [1.807, 2.05) is 0 Å². The summed E-state index contributed by atoms with van der Waals surface area (Å²) >= 11 is 1.34. The van der Waals surface area contributed by atoms with Crippen LogP contribution in [-0.2, 0) is 4.74 Å². The molecule has 1 aromatic heterocycles. The van der Waals surface area contributed by atoms with Crippen molar-refractivity contribution in [1.29, 1.82) is 0 Å². The fraction of sp³-hybridized carbons (Fsp3) is 0.353. The Kier molecular flexibility index (Phi) is 5.72. The number of ether oxygens (including phenoxy) is 1. The molecule has 138 valence electrons. The SMILES string of the molecule is CSC1[C@H](n2ccc(NC(=O)c3ccccc3)nc2=O)O[C@H](CO)[C@H]1O. The van der Waals surface area contributed by atoms with Gasteiger partial charge in [0.2, 0.25) is 0 Å². The number of aromatic nitrogens is 2. The van der Waals surface area contributed by atoms with Gasteiger partial charge in [0.05, 0.1) is 18.0 Å². The predicted molar refractivity (Wildman–Crippen MR) is 97.2 cm³/mol. The zero-order chi connectivity index (χ0) is 18.7. The van der Waals surface area contributed by atoms with Crippen LogP contribution in [0.4, 0.5) is 5.82 Å². The average Bonchev–Trinajstić information content (AvgIpc) is 2.98. The highest BCUT2D eigenvalue weighted by Crippen LogP contribution is 2.35. The summed E-state index contributed by atoms with van der Waals surface area (Å²) in [7, 11) is 0. The lowest BCUT2D eigenvalue weighted by atomic mass is 10.2. The Morgan fingerprint density at radius 3 is 2.69 bits per heavy atom. The van der Waals surface area contributed by atoms with Crippen LogP contribution in [-0.4, -0.2) is 56.0 Å². The Hall–Kier alpha value is -2.20. The number of carbonyl (C=O) groups excluding carboxylic acids is 1. The first-order valence-electron chi connectivity index (χ1n) is 7.98. The molecule has 1 saturated heterocycles. The maximum Gasteiger partial charge on any atom is 0.351 e. The van der Waals surface area contributed by atoms with Crippen LogP contribution >= 0.6 is 11.8 Å². The number of aliphatic hydroxyl groups excluding tert-OH is 2. The van der Waals surface area contributed by atoms with E-state index in [0.717, 1.165) is 0 Å². The molecule has 2 aromatic rings. The number of thioether (sulfide) groups is 1. The van der Waals surface area contributed by atoms with Crippen LogP contribution in [0.2, 0.25) is 0 Å². The second kappa shape index (κ2) is 8.00. The summed E-state index contributed by atoms with van der Waals surface area (Å²) in [4.78, 5) is 28.4. The van der Waals surface area contributed by atoms with Crippen LogP contribution in [0, 0.1) is 0 Å². The maximum absolute atomic E-state index is 12.4. The molecule has 3 N–H and O–H groups in total. The molecule has 3 rings (SSSR count). The Labute approximate surface area is 153 Å². The molecule has 0 radical (unpaired) electrons. The van der Waals surface area contributed by atoms with E-state index in [4.69, 9.17) is 4.74 Å². The number of rotatable bonds is 5. The van der Waals surface area contributed by atoms with Gasteiger partial charge in [-0.25, -0.2) is 4.79 Å². The van der Waals surface area contributed by atoms with E-state index >= 15 is 0 Å². The van der Waals surface area contributed by atoms with Gasteiger partial charge in [0, 0.05) is 11.8 Å². The summed E-state index contributed by atoms with van der Waals surface area (Å²) in [5, 5.41) is 21.6. The van der Waals surface area contributed by atoms with E-state index in [9.17, 15) is 19.8 Å². The molecule has 1 aromatic carbocycles. The third kappa shape index (κ3) is 3.65. The van der Waals surface area contributed by atoms with E-state index in [-0.39, 0.29) is 18.3 Å². The molecule has 0 bridgehead atoms. The number of nitrogens with one attached hydrogen (secondary N) is 1. The number of carbonyl (C=O) groups is 1. The van der Waals surface area contributed by atoms with Crippen molar-refractivity contribution in [3.05, 3.63) is 58.6 Å². The second-order valence-corrected chi connectivity index (χ2v) is 6.78. The van der Waals surface area contributed by atoms with Gasteiger partial charge in [-0.05, 0) is 24.5 Å². The summed E-state index contributed by atoms with van der Waals surface area (Å²) in [6, 6.07) is 10.1. The molecule has 1 amide bonds. The zero-order valence-corrected chi connectivity index (χ0v) is 14.8. The van der Waals surface area contributed by atoms with Gasteiger partial charge in [0.25, 0.3) is 5.91 Å². The topological polar surface area (TPSA) is 114 Å². The number of hydrogen-bond donors (Lipinski definition) is 3. The second-order valence-electron chi connectivity index (χ2n) is 5.76. The zero-order valence-electron chi connectivity index (χ0n) is 14.0. The molecule has 1 aliphatic rings. The molecule has 26 heavy (non-hydrogen) atoms. The largest absolute Gasteiger partial charge is 0.394 e. The van der Waals surface area contributed by atoms with Crippen molar-refractivity contribution in [3.8, 4) is 0 Å². The van der Waals surface area contributed by atoms with E-state index in [1.165, 1.54) is 28.6 Å². The molecule has 9 heteroatoms. The van der Waals surface area contributed by atoms with Crippen molar-refractivity contribution in [1.82, 2.24) is 9.55 Å². The average molecular weight is 377 g/mol. The van der Waals surface area contributed by atoms with Crippen LogP contribution in [0.3, 0.4) is 0 Å². The van der Waals surface area contributed by atoms with Gasteiger partial charge in [0.15, 0.2) is 6.23 Å².